The van der Waals surface area contributed by atoms with Gasteiger partial charge in [0.05, 0.1) is 6.04 Å². The number of halogens is 1. The van der Waals surface area contributed by atoms with Gasteiger partial charge in [0, 0.05) is 5.69 Å². The molecule has 2 unspecified atom stereocenters. The SMILES string of the molecule is Cc1ccc(NC(=O)C2NCCC2C2CCCCC2)cc1F. The predicted octanol–water partition coefficient (Wildman–Crippen LogP) is 3.63. The second kappa shape index (κ2) is 6.78. The third-order valence-electron chi connectivity index (χ3n) is 5.25. The number of carbonyl (C=O) groups excluding carboxylic acids is 1. The Morgan fingerprint density at radius 1 is 1.23 bits per heavy atom. The smallest absolute Gasteiger partial charge is 0.241 e. The number of carbonyl (C=O) groups is 1. The fraction of sp³-hybridized carbons (Fsp3) is 0.611. The maximum absolute atomic E-state index is 13.6. The Bertz CT molecular complexity index is 540. The predicted molar refractivity (Wildman–Crippen MR) is 86.2 cm³/mol. The zero-order valence-corrected chi connectivity index (χ0v) is 13.2. The van der Waals surface area contributed by atoms with Crippen molar-refractivity contribution in [2.45, 2.75) is 51.5 Å². The summed E-state index contributed by atoms with van der Waals surface area (Å²) in [4.78, 5) is 12.6. The van der Waals surface area contributed by atoms with Gasteiger partial charge in [-0.05, 0) is 49.4 Å². The lowest BCUT2D eigenvalue weighted by Crippen LogP contribution is -2.42. The molecule has 3 nitrogen and oxygen atoms in total. The van der Waals surface area contributed by atoms with Gasteiger partial charge in [0.1, 0.15) is 5.82 Å². The topological polar surface area (TPSA) is 41.1 Å². The van der Waals surface area contributed by atoms with Gasteiger partial charge < -0.3 is 10.6 Å². The Hall–Kier alpha value is -1.42. The highest BCUT2D eigenvalue weighted by molar-refractivity contribution is 5.95. The minimum Gasteiger partial charge on any atom is -0.325 e. The van der Waals surface area contributed by atoms with Crippen LogP contribution in [0.1, 0.15) is 44.1 Å². The Balaban J connectivity index is 1.66. The van der Waals surface area contributed by atoms with E-state index < -0.39 is 0 Å². The summed E-state index contributed by atoms with van der Waals surface area (Å²) in [5.41, 5.74) is 1.14. The summed E-state index contributed by atoms with van der Waals surface area (Å²) in [6.45, 7) is 2.63. The normalized spacial score (nSPS) is 26.1. The number of benzene rings is 1. The number of nitrogens with one attached hydrogen (secondary N) is 2. The van der Waals surface area contributed by atoms with Crippen LogP contribution >= 0.6 is 0 Å². The Morgan fingerprint density at radius 3 is 2.73 bits per heavy atom. The van der Waals surface area contributed by atoms with Crippen LogP contribution in [-0.2, 0) is 4.79 Å². The van der Waals surface area contributed by atoms with Crippen LogP contribution in [0, 0.1) is 24.6 Å². The third-order valence-corrected chi connectivity index (χ3v) is 5.25. The molecular formula is C18H25FN2O. The van der Waals surface area contributed by atoms with Gasteiger partial charge in [-0.3, -0.25) is 4.79 Å². The van der Waals surface area contributed by atoms with Crippen LogP contribution in [0.5, 0.6) is 0 Å². The first-order chi connectivity index (χ1) is 10.6. The molecule has 4 heteroatoms. The van der Waals surface area contributed by atoms with E-state index in [0.29, 0.717) is 23.1 Å². The molecule has 1 aliphatic carbocycles. The van der Waals surface area contributed by atoms with E-state index in [-0.39, 0.29) is 17.8 Å². The molecule has 22 heavy (non-hydrogen) atoms. The number of hydrogen-bond acceptors (Lipinski definition) is 2. The van der Waals surface area contributed by atoms with Gasteiger partial charge in [-0.1, -0.05) is 38.2 Å². The lowest BCUT2D eigenvalue weighted by atomic mass is 9.76. The van der Waals surface area contributed by atoms with Gasteiger partial charge in [-0.15, -0.1) is 0 Å². The van der Waals surface area contributed by atoms with Gasteiger partial charge in [-0.2, -0.15) is 0 Å². The first kappa shape index (κ1) is 15.5. The maximum atomic E-state index is 13.6. The lowest BCUT2D eigenvalue weighted by Gasteiger charge is -2.30. The summed E-state index contributed by atoms with van der Waals surface area (Å²) in [6, 6.07) is 4.73. The van der Waals surface area contributed by atoms with Crippen molar-refractivity contribution >= 4 is 11.6 Å². The molecule has 0 aromatic heterocycles. The van der Waals surface area contributed by atoms with Crippen molar-refractivity contribution in [1.29, 1.82) is 0 Å². The number of rotatable bonds is 3. The quantitative estimate of drug-likeness (QED) is 0.895. The van der Waals surface area contributed by atoms with E-state index in [0.717, 1.165) is 13.0 Å². The van der Waals surface area contributed by atoms with Crippen molar-refractivity contribution in [3.63, 3.8) is 0 Å². The van der Waals surface area contributed by atoms with E-state index in [1.165, 1.54) is 38.2 Å². The minimum atomic E-state index is -0.277. The highest BCUT2D eigenvalue weighted by Gasteiger charge is 2.38. The largest absolute Gasteiger partial charge is 0.325 e. The zero-order chi connectivity index (χ0) is 15.5. The fourth-order valence-electron chi connectivity index (χ4n) is 3.97. The summed E-state index contributed by atoms with van der Waals surface area (Å²) in [5, 5.41) is 6.22. The minimum absolute atomic E-state index is 0.0173. The van der Waals surface area contributed by atoms with Crippen molar-refractivity contribution < 1.29 is 9.18 Å². The molecule has 1 aromatic carbocycles. The van der Waals surface area contributed by atoms with Crippen LogP contribution < -0.4 is 10.6 Å². The van der Waals surface area contributed by atoms with Crippen LogP contribution in [0.15, 0.2) is 18.2 Å². The zero-order valence-electron chi connectivity index (χ0n) is 13.2. The Kier molecular flexibility index (Phi) is 4.77. The molecule has 2 N–H and O–H groups in total. The molecule has 1 aliphatic heterocycles. The van der Waals surface area contributed by atoms with Crippen molar-refractivity contribution in [1.82, 2.24) is 5.32 Å². The molecule has 1 saturated heterocycles. The van der Waals surface area contributed by atoms with E-state index in [1.54, 1.807) is 19.1 Å². The summed E-state index contributed by atoms with van der Waals surface area (Å²) < 4.78 is 13.6. The molecule has 0 bridgehead atoms. The van der Waals surface area contributed by atoms with Crippen LogP contribution in [-0.4, -0.2) is 18.5 Å². The van der Waals surface area contributed by atoms with Crippen molar-refractivity contribution in [3.8, 4) is 0 Å². The molecular weight excluding hydrogens is 279 g/mol. The molecule has 1 saturated carbocycles. The van der Waals surface area contributed by atoms with E-state index in [1.807, 2.05) is 0 Å². The van der Waals surface area contributed by atoms with Gasteiger partial charge in [0.2, 0.25) is 5.91 Å². The number of hydrogen-bond donors (Lipinski definition) is 2. The van der Waals surface area contributed by atoms with Gasteiger partial charge >= 0.3 is 0 Å². The summed E-state index contributed by atoms with van der Waals surface area (Å²) >= 11 is 0. The molecule has 1 heterocycles. The summed E-state index contributed by atoms with van der Waals surface area (Å²) in [7, 11) is 0. The van der Waals surface area contributed by atoms with Gasteiger partial charge in [0.25, 0.3) is 0 Å². The fourth-order valence-corrected chi connectivity index (χ4v) is 3.97. The van der Waals surface area contributed by atoms with Crippen LogP contribution in [0.2, 0.25) is 0 Å². The maximum Gasteiger partial charge on any atom is 0.241 e. The Labute approximate surface area is 131 Å². The first-order valence-electron chi connectivity index (χ1n) is 8.45. The summed E-state index contributed by atoms with van der Waals surface area (Å²) in [6.07, 6.45) is 7.48. The second-order valence-corrected chi connectivity index (χ2v) is 6.74. The molecule has 1 amide bonds. The molecule has 2 fully saturated rings. The molecule has 2 atom stereocenters. The van der Waals surface area contributed by atoms with E-state index in [9.17, 15) is 9.18 Å². The molecule has 0 spiro atoms. The second-order valence-electron chi connectivity index (χ2n) is 6.74. The highest BCUT2D eigenvalue weighted by atomic mass is 19.1. The van der Waals surface area contributed by atoms with Crippen molar-refractivity contribution in [3.05, 3.63) is 29.6 Å². The van der Waals surface area contributed by atoms with Crippen LogP contribution in [0.4, 0.5) is 10.1 Å². The summed E-state index contributed by atoms with van der Waals surface area (Å²) in [5.74, 6) is 0.794. The molecule has 2 aliphatic rings. The van der Waals surface area contributed by atoms with Gasteiger partial charge in [0.15, 0.2) is 0 Å². The first-order valence-corrected chi connectivity index (χ1v) is 8.45. The van der Waals surface area contributed by atoms with Crippen LogP contribution in [0.3, 0.4) is 0 Å². The standard InChI is InChI=1S/C18H25FN2O/c1-12-7-8-14(11-16(12)19)21-18(22)17-15(9-10-20-17)13-5-3-2-4-6-13/h7-8,11,13,15,17,20H,2-6,9-10H2,1H3,(H,21,22). The average molecular weight is 304 g/mol. The van der Waals surface area contributed by atoms with Crippen molar-refractivity contribution in [2.75, 3.05) is 11.9 Å². The monoisotopic (exact) mass is 304 g/mol. The van der Waals surface area contributed by atoms with Gasteiger partial charge in [-0.25, -0.2) is 4.39 Å². The number of aryl methyl sites for hydroxylation is 1. The molecule has 0 radical (unpaired) electrons. The van der Waals surface area contributed by atoms with E-state index in [4.69, 9.17) is 0 Å². The number of amides is 1. The molecule has 1 aromatic rings. The van der Waals surface area contributed by atoms with E-state index in [2.05, 4.69) is 10.6 Å². The van der Waals surface area contributed by atoms with E-state index >= 15 is 0 Å². The average Bonchev–Trinajstić information content (AvgIpc) is 3.01. The van der Waals surface area contributed by atoms with Crippen LogP contribution in [0.25, 0.3) is 0 Å². The third kappa shape index (κ3) is 3.32. The Morgan fingerprint density at radius 2 is 2.00 bits per heavy atom. The molecule has 3 rings (SSSR count). The highest BCUT2D eigenvalue weighted by Crippen LogP contribution is 2.36. The molecule has 120 valence electrons. The van der Waals surface area contributed by atoms with Crippen molar-refractivity contribution in [2.24, 2.45) is 11.8 Å². The lowest BCUT2D eigenvalue weighted by molar-refractivity contribution is -0.119. The number of anilines is 1.